The van der Waals surface area contributed by atoms with Gasteiger partial charge in [0.05, 0.1) is 16.7 Å². The molecule has 0 amide bonds. The molecule has 6 heteroatoms. The predicted molar refractivity (Wildman–Crippen MR) is 98.2 cm³/mol. The first kappa shape index (κ1) is 19.1. The van der Waals surface area contributed by atoms with E-state index in [1.54, 1.807) is 30.3 Å². The Labute approximate surface area is 156 Å². The molecular weight excluding hydrogens is 361 g/mol. The third-order valence-electron chi connectivity index (χ3n) is 3.45. The van der Waals surface area contributed by atoms with E-state index in [1.165, 1.54) is 6.08 Å². The van der Waals surface area contributed by atoms with Crippen LogP contribution >= 0.6 is 23.2 Å². The zero-order chi connectivity index (χ0) is 18.2. The number of furan rings is 1. The molecule has 1 aromatic heterocycles. The fraction of sp³-hybridized carbons (Fsp3) is 0.263. The van der Waals surface area contributed by atoms with Gasteiger partial charge in [-0.2, -0.15) is 5.26 Å². The van der Waals surface area contributed by atoms with E-state index in [0.717, 1.165) is 19.3 Å². The van der Waals surface area contributed by atoms with Gasteiger partial charge >= 0.3 is 5.97 Å². The number of ether oxygens (including phenoxy) is 1. The Morgan fingerprint density at radius 1 is 1.28 bits per heavy atom. The molecule has 0 N–H and O–H groups in total. The van der Waals surface area contributed by atoms with Crippen molar-refractivity contribution in [3.8, 4) is 17.4 Å². The lowest BCUT2D eigenvalue weighted by Crippen LogP contribution is -2.07. The highest BCUT2D eigenvalue weighted by molar-refractivity contribution is 6.43. The minimum Gasteiger partial charge on any atom is -0.462 e. The van der Waals surface area contributed by atoms with Gasteiger partial charge in [0.1, 0.15) is 23.2 Å². The maximum absolute atomic E-state index is 11.9. The number of unbranched alkanes of at least 4 members (excludes halogenated alkanes) is 2. The minimum atomic E-state index is -0.655. The number of carbonyl (C=O) groups excluding carboxylic acids is 1. The van der Waals surface area contributed by atoms with Gasteiger partial charge < -0.3 is 9.15 Å². The molecule has 0 spiro atoms. The van der Waals surface area contributed by atoms with E-state index in [4.69, 9.17) is 37.6 Å². The maximum Gasteiger partial charge on any atom is 0.349 e. The molecule has 0 saturated heterocycles. The second-order valence-corrected chi connectivity index (χ2v) is 6.10. The first-order chi connectivity index (χ1) is 12.1. The molecule has 0 radical (unpaired) electrons. The van der Waals surface area contributed by atoms with Crippen molar-refractivity contribution < 1.29 is 13.9 Å². The van der Waals surface area contributed by atoms with Gasteiger partial charge in [0, 0.05) is 11.6 Å². The van der Waals surface area contributed by atoms with Crippen molar-refractivity contribution in [1.82, 2.24) is 0 Å². The molecule has 1 heterocycles. The van der Waals surface area contributed by atoms with Gasteiger partial charge in [0.2, 0.25) is 0 Å². The third kappa shape index (κ3) is 5.12. The van der Waals surface area contributed by atoms with Gasteiger partial charge in [-0.1, -0.05) is 49.0 Å². The largest absolute Gasteiger partial charge is 0.462 e. The summed E-state index contributed by atoms with van der Waals surface area (Å²) in [5.41, 5.74) is 0.518. The molecule has 0 aliphatic carbocycles. The number of hydrogen-bond donors (Lipinski definition) is 0. The number of hydrogen-bond acceptors (Lipinski definition) is 4. The first-order valence-corrected chi connectivity index (χ1v) is 8.65. The van der Waals surface area contributed by atoms with Crippen molar-refractivity contribution in [1.29, 1.82) is 5.26 Å². The molecule has 0 fully saturated rings. The van der Waals surface area contributed by atoms with Crippen LogP contribution in [0.4, 0.5) is 0 Å². The number of benzene rings is 1. The van der Waals surface area contributed by atoms with Crippen LogP contribution in [0, 0.1) is 11.3 Å². The third-order valence-corrected chi connectivity index (χ3v) is 4.27. The highest BCUT2D eigenvalue weighted by Gasteiger charge is 2.14. The fourth-order valence-electron chi connectivity index (χ4n) is 2.14. The van der Waals surface area contributed by atoms with Crippen molar-refractivity contribution in [2.75, 3.05) is 6.61 Å². The van der Waals surface area contributed by atoms with E-state index < -0.39 is 5.97 Å². The molecule has 2 rings (SSSR count). The van der Waals surface area contributed by atoms with Crippen LogP contribution in [0.1, 0.15) is 31.9 Å². The average Bonchev–Trinajstić information content (AvgIpc) is 3.07. The predicted octanol–water partition coefficient (Wildman–Crippen LogP) is 5.89. The lowest BCUT2D eigenvalue weighted by Gasteiger charge is -2.03. The van der Waals surface area contributed by atoms with Gasteiger partial charge in [-0.3, -0.25) is 0 Å². The topological polar surface area (TPSA) is 63.2 Å². The van der Waals surface area contributed by atoms with Crippen molar-refractivity contribution in [2.45, 2.75) is 26.2 Å². The Morgan fingerprint density at radius 3 is 2.80 bits per heavy atom. The van der Waals surface area contributed by atoms with Crippen molar-refractivity contribution in [2.24, 2.45) is 0 Å². The minimum absolute atomic E-state index is 0.116. The van der Waals surface area contributed by atoms with Crippen LogP contribution in [0.3, 0.4) is 0 Å². The van der Waals surface area contributed by atoms with E-state index >= 15 is 0 Å². The lowest BCUT2D eigenvalue weighted by atomic mass is 10.2. The van der Waals surface area contributed by atoms with E-state index in [9.17, 15) is 4.79 Å². The Kier molecular flexibility index (Phi) is 7.12. The molecule has 0 saturated carbocycles. The van der Waals surface area contributed by atoms with E-state index in [0.29, 0.717) is 33.7 Å². The number of rotatable bonds is 7. The Morgan fingerprint density at radius 2 is 2.08 bits per heavy atom. The smallest absolute Gasteiger partial charge is 0.349 e. The monoisotopic (exact) mass is 377 g/mol. The van der Waals surface area contributed by atoms with Gasteiger partial charge in [-0.15, -0.1) is 0 Å². The fourth-order valence-corrected chi connectivity index (χ4v) is 2.54. The molecule has 130 valence electrons. The highest BCUT2D eigenvalue weighted by Crippen LogP contribution is 2.34. The second-order valence-electron chi connectivity index (χ2n) is 5.32. The number of esters is 1. The lowest BCUT2D eigenvalue weighted by molar-refractivity contribution is -0.138. The van der Waals surface area contributed by atoms with Crippen LogP contribution in [-0.4, -0.2) is 12.6 Å². The van der Waals surface area contributed by atoms with Gasteiger partial charge in [-0.25, -0.2) is 4.79 Å². The zero-order valence-electron chi connectivity index (χ0n) is 13.7. The standard InChI is InChI=1S/C19H17Cl2NO3/c1-2-3-4-10-24-19(23)13(12-22)11-14-8-9-17(25-14)15-6-5-7-16(20)18(15)21/h5-9,11H,2-4,10H2,1H3/b13-11+. The van der Waals surface area contributed by atoms with Crippen LogP contribution in [-0.2, 0) is 9.53 Å². The number of carbonyl (C=O) groups is 1. The molecule has 25 heavy (non-hydrogen) atoms. The highest BCUT2D eigenvalue weighted by atomic mass is 35.5. The summed E-state index contributed by atoms with van der Waals surface area (Å²) >= 11 is 12.2. The maximum atomic E-state index is 11.9. The summed E-state index contributed by atoms with van der Waals surface area (Å²) in [6.45, 7) is 2.36. The van der Waals surface area contributed by atoms with Crippen LogP contribution in [0.25, 0.3) is 17.4 Å². The van der Waals surface area contributed by atoms with Crippen molar-refractivity contribution >= 4 is 35.2 Å². The first-order valence-electron chi connectivity index (χ1n) is 7.90. The quantitative estimate of drug-likeness (QED) is 0.261. The van der Waals surface area contributed by atoms with Gasteiger partial charge in [0.25, 0.3) is 0 Å². The summed E-state index contributed by atoms with van der Waals surface area (Å²) in [5, 5.41) is 9.96. The summed E-state index contributed by atoms with van der Waals surface area (Å²) in [4.78, 5) is 11.9. The Balaban J connectivity index is 2.15. The summed E-state index contributed by atoms with van der Waals surface area (Å²) in [5.74, 6) is 0.192. The van der Waals surface area contributed by atoms with Crippen LogP contribution in [0.5, 0.6) is 0 Å². The van der Waals surface area contributed by atoms with E-state index in [-0.39, 0.29) is 5.57 Å². The number of nitriles is 1. The van der Waals surface area contributed by atoms with Crippen molar-refractivity contribution in [3.63, 3.8) is 0 Å². The average molecular weight is 378 g/mol. The molecular formula is C19H17Cl2NO3. The van der Waals surface area contributed by atoms with Crippen LogP contribution in [0.2, 0.25) is 10.0 Å². The summed E-state index contributed by atoms with van der Waals surface area (Å²) in [6.07, 6.45) is 4.13. The van der Waals surface area contributed by atoms with Crippen LogP contribution in [0.15, 0.2) is 40.3 Å². The SMILES string of the molecule is CCCCCOC(=O)/C(C#N)=C/c1ccc(-c2cccc(Cl)c2Cl)o1. The second kappa shape index (κ2) is 9.31. The Bertz CT molecular complexity index is 818. The van der Waals surface area contributed by atoms with Gasteiger partial charge in [0.15, 0.2) is 0 Å². The normalized spacial score (nSPS) is 11.2. The molecule has 0 unspecified atom stereocenters. The molecule has 0 aliphatic heterocycles. The molecule has 1 aromatic carbocycles. The molecule has 0 aliphatic rings. The van der Waals surface area contributed by atoms with Crippen molar-refractivity contribution in [3.05, 3.63) is 51.7 Å². The van der Waals surface area contributed by atoms with Crippen LogP contribution < -0.4 is 0 Å². The molecule has 0 atom stereocenters. The number of nitrogens with zero attached hydrogens (tertiary/aromatic N) is 1. The molecule has 0 bridgehead atoms. The summed E-state index contributed by atoms with van der Waals surface area (Å²) in [7, 11) is 0. The van der Waals surface area contributed by atoms with E-state index in [2.05, 4.69) is 6.92 Å². The molecule has 4 nitrogen and oxygen atoms in total. The molecule has 2 aromatic rings. The Hall–Kier alpha value is -2.22. The summed E-state index contributed by atoms with van der Waals surface area (Å²) in [6, 6.07) is 10.4. The zero-order valence-corrected chi connectivity index (χ0v) is 15.2. The van der Waals surface area contributed by atoms with Gasteiger partial charge in [-0.05, 0) is 30.7 Å². The number of halogens is 2. The van der Waals surface area contributed by atoms with E-state index in [1.807, 2.05) is 6.07 Å². The summed E-state index contributed by atoms with van der Waals surface area (Å²) < 4.78 is 10.7.